The van der Waals surface area contributed by atoms with Crippen molar-refractivity contribution >= 4 is 11.8 Å². The van der Waals surface area contributed by atoms with E-state index in [1.165, 1.54) is 0 Å². The molecular formula is C18H22N4O. The number of aliphatic imine (C=N–C) groups is 1. The van der Waals surface area contributed by atoms with Gasteiger partial charge in [-0.25, -0.2) is 9.98 Å². The van der Waals surface area contributed by atoms with Gasteiger partial charge in [0.1, 0.15) is 17.7 Å². The first kappa shape index (κ1) is 15.3. The van der Waals surface area contributed by atoms with E-state index in [1.54, 1.807) is 6.20 Å². The van der Waals surface area contributed by atoms with Crippen LogP contribution in [0.3, 0.4) is 0 Å². The number of ether oxygens (including phenoxy) is 1. The minimum absolute atomic E-state index is 0.0632. The molecule has 23 heavy (non-hydrogen) atoms. The molecule has 0 unspecified atom stereocenters. The van der Waals surface area contributed by atoms with E-state index < -0.39 is 0 Å². The van der Waals surface area contributed by atoms with Crippen molar-refractivity contribution in [2.75, 3.05) is 5.32 Å². The van der Waals surface area contributed by atoms with Crippen molar-refractivity contribution in [3.8, 4) is 5.75 Å². The third kappa shape index (κ3) is 3.44. The van der Waals surface area contributed by atoms with Crippen LogP contribution in [-0.2, 0) is 0 Å². The molecule has 3 rings (SSSR count). The van der Waals surface area contributed by atoms with Crippen molar-refractivity contribution in [1.29, 1.82) is 0 Å². The van der Waals surface area contributed by atoms with E-state index in [2.05, 4.69) is 29.1 Å². The molecule has 0 spiro atoms. The van der Waals surface area contributed by atoms with Gasteiger partial charge in [0.2, 0.25) is 0 Å². The predicted octanol–water partition coefficient (Wildman–Crippen LogP) is 3.05. The number of nitrogens with zero attached hydrogens (tertiary/aromatic N) is 2. The van der Waals surface area contributed by atoms with Crippen LogP contribution < -0.4 is 15.8 Å². The molecular weight excluding hydrogens is 288 g/mol. The Hall–Kier alpha value is -2.56. The number of benzene rings is 1. The lowest BCUT2D eigenvalue weighted by atomic mass is 9.64. The van der Waals surface area contributed by atoms with Crippen LogP contribution in [0.1, 0.15) is 20.3 Å². The summed E-state index contributed by atoms with van der Waals surface area (Å²) in [5.41, 5.74) is 5.93. The molecule has 0 bridgehead atoms. The molecule has 1 aromatic carbocycles. The van der Waals surface area contributed by atoms with Gasteiger partial charge in [-0.05, 0) is 24.3 Å². The summed E-state index contributed by atoms with van der Waals surface area (Å²) < 4.78 is 6.05. The molecule has 1 aromatic heterocycles. The van der Waals surface area contributed by atoms with Crippen LogP contribution in [0.5, 0.6) is 5.75 Å². The Morgan fingerprint density at radius 2 is 1.96 bits per heavy atom. The van der Waals surface area contributed by atoms with Crippen LogP contribution in [-0.4, -0.2) is 23.1 Å². The molecule has 1 fully saturated rings. The Bertz CT molecular complexity index is 670. The zero-order valence-electron chi connectivity index (χ0n) is 13.4. The highest BCUT2D eigenvalue weighted by Crippen LogP contribution is 2.45. The highest BCUT2D eigenvalue weighted by Gasteiger charge is 2.50. The summed E-state index contributed by atoms with van der Waals surface area (Å²) in [6, 6.07) is 15.6. The number of pyridine rings is 1. The maximum absolute atomic E-state index is 6.05. The van der Waals surface area contributed by atoms with Crippen LogP contribution in [0.15, 0.2) is 59.7 Å². The largest absolute Gasteiger partial charge is 0.490 e. The van der Waals surface area contributed by atoms with Gasteiger partial charge >= 0.3 is 0 Å². The Balaban J connectivity index is 1.61. The van der Waals surface area contributed by atoms with Crippen molar-refractivity contribution < 1.29 is 4.74 Å². The van der Waals surface area contributed by atoms with Crippen molar-refractivity contribution in [2.24, 2.45) is 16.1 Å². The number of rotatable bonds is 4. The fraction of sp³-hybridized carbons (Fsp3) is 0.333. The molecule has 5 heteroatoms. The predicted molar refractivity (Wildman–Crippen MR) is 92.5 cm³/mol. The number of anilines is 1. The lowest BCUT2D eigenvalue weighted by Gasteiger charge is -2.49. The number of nitrogens with one attached hydrogen (secondary N) is 1. The maximum atomic E-state index is 6.05. The van der Waals surface area contributed by atoms with E-state index in [4.69, 9.17) is 10.5 Å². The monoisotopic (exact) mass is 310 g/mol. The summed E-state index contributed by atoms with van der Waals surface area (Å²) in [4.78, 5) is 8.77. The van der Waals surface area contributed by atoms with Gasteiger partial charge in [0.25, 0.3) is 0 Å². The van der Waals surface area contributed by atoms with E-state index in [0.29, 0.717) is 11.8 Å². The van der Waals surface area contributed by atoms with Crippen molar-refractivity contribution in [1.82, 2.24) is 4.98 Å². The summed E-state index contributed by atoms with van der Waals surface area (Å²) in [6.45, 7) is 4.32. The molecule has 1 heterocycles. The van der Waals surface area contributed by atoms with Crippen LogP contribution in [0.2, 0.25) is 0 Å². The van der Waals surface area contributed by atoms with E-state index in [-0.39, 0.29) is 17.6 Å². The summed E-state index contributed by atoms with van der Waals surface area (Å²) in [5, 5.41) is 3.02. The molecule has 1 aliphatic rings. The van der Waals surface area contributed by atoms with E-state index in [1.807, 2.05) is 48.5 Å². The summed E-state index contributed by atoms with van der Waals surface area (Å²) in [5.74, 6) is 1.98. The van der Waals surface area contributed by atoms with Crippen LogP contribution in [0.25, 0.3) is 0 Å². The number of guanidine groups is 1. The van der Waals surface area contributed by atoms with Gasteiger partial charge in [-0.3, -0.25) is 0 Å². The molecule has 5 nitrogen and oxygen atoms in total. The SMILES string of the molecule is CC1(C)[C@@H](N=C(N)Nc2ccccn2)C[C@H]1Oc1ccccc1. The smallest absolute Gasteiger partial charge is 0.194 e. The van der Waals surface area contributed by atoms with Gasteiger partial charge in [-0.1, -0.05) is 38.1 Å². The normalized spacial score (nSPS) is 23.0. The molecule has 120 valence electrons. The fourth-order valence-corrected chi connectivity index (χ4v) is 2.71. The number of aromatic nitrogens is 1. The number of hydrogen-bond donors (Lipinski definition) is 2. The zero-order valence-corrected chi connectivity index (χ0v) is 13.4. The number of nitrogens with two attached hydrogens (primary N) is 1. The van der Waals surface area contributed by atoms with Gasteiger partial charge in [0.15, 0.2) is 5.96 Å². The van der Waals surface area contributed by atoms with Crippen molar-refractivity contribution in [2.45, 2.75) is 32.4 Å². The Morgan fingerprint density at radius 3 is 2.61 bits per heavy atom. The van der Waals surface area contributed by atoms with Gasteiger partial charge in [0.05, 0.1) is 6.04 Å². The third-order valence-corrected chi connectivity index (χ3v) is 4.36. The van der Waals surface area contributed by atoms with Crippen molar-refractivity contribution in [3.05, 3.63) is 54.7 Å². The Labute approximate surface area is 136 Å². The first-order chi connectivity index (χ1) is 11.1. The van der Waals surface area contributed by atoms with Gasteiger partial charge in [0, 0.05) is 18.0 Å². The van der Waals surface area contributed by atoms with E-state index >= 15 is 0 Å². The summed E-state index contributed by atoms with van der Waals surface area (Å²) in [7, 11) is 0. The molecule has 0 aliphatic heterocycles. The van der Waals surface area contributed by atoms with Crippen LogP contribution in [0.4, 0.5) is 5.82 Å². The average Bonchev–Trinajstić information content (AvgIpc) is 2.56. The summed E-state index contributed by atoms with van der Waals surface area (Å²) in [6.07, 6.45) is 2.71. The highest BCUT2D eigenvalue weighted by atomic mass is 16.5. The molecule has 1 saturated carbocycles. The number of para-hydroxylation sites is 1. The van der Waals surface area contributed by atoms with E-state index in [0.717, 1.165) is 12.2 Å². The standard InChI is InChI=1S/C18H22N4O/c1-18(2)14(12-15(18)23-13-8-4-3-5-9-13)21-17(19)22-16-10-6-7-11-20-16/h3-11,14-15H,12H2,1-2H3,(H3,19,20,21,22)/t14-,15+/m0/s1. The summed E-state index contributed by atoms with van der Waals surface area (Å²) >= 11 is 0. The first-order valence-electron chi connectivity index (χ1n) is 7.79. The third-order valence-electron chi connectivity index (χ3n) is 4.36. The number of hydrogen-bond acceptors (Lipinski definition) is 3. The van der Waals surface area contributed by atoms with Gasteiger partial charge < -0.3 is 15.8 Å². The van der Waals surface area contributed by atoms with E-state index in [9.17, 15) is 0 Å². The Kier molecular flexibility index (Phi) is 4.19. The average molecular weight is 310 g/mol. The van der Waals surface area contributed by atoms with Crippen LogP contribution >= 0.6 is 0 Å². The lowest BCUT2D eigenvalue weighted by molar-refractivity contribution is -0.0389. The topological polar surface area (TPSA) is 72.5 Å². The second-order valence-electron chi connectivity index (χ2n) is 6.35. The lowest BCUT2D eigenvalue weighted by Crippen LogP contribution is -2.56. The first-order valence-corrected chi connectivity index (χ1v) is 7.79. The maximum Gasteiger partial charge on any atom is 0.194 e. The highest BCUT2D eigenvalue weighted by molar-refractivity contribution is 5.91. The van der Waals surface area contributed by atoms with Gasteiger partial charge in [-0.15, -0.1) is 0 Å². The molecule has 3 N–H and O–H groups in total. The minimum atomic E-state index is -0.0632. The minimum Gasteiger partial charge on any atom is -0.490 e. The molecule has 0 saturated heterocycles. The van der Waals surface area contributed by atoms with Gasteiger partial charge in [-0.2, -0.15) is 0 Å². The quantitative estimate of drug-likeness (QED) is 0.672. The fourth-order valence-electron chi connectivity index (χ4n) is 2.71. The second kappa shape index (κ2) is 6.28. The second-order valence-corrected chi connectivity index (χ2v) is 6.35. The molecule has 1 aliphatic carbocycles. The molecule has 0 radical (unpaired) electrons. The van der Waals surface area contributed by atoms with Crippen molar-refractivity contribution in [3.63, 3.8) is 0 Å². The zero-order chi connectivity index (χ0) is 16.3. The molecule has 2 aromatic rings. The molecule has 0 amide bonds. The Morgan fingerprint density at radius 1 is 1.22 bits per heavy atom. The molecule has 2 atom stereocenters. The van der Waals surface area contributed by atoms with Crippen LogP contribution in [0, 0.1) is 5.41 Å².